The van der Waals surface area contributed by atoms with Gasteiger partial charge in [0.1, 0.15) is 18.2 Å². The van der Waals surface area contributed by atoms with Crippen molar-refractivity contribution in [1.82, 2.24) is 20.3 Å². The van der Waals surface area contributed by atoms with E-state index in [4.69, 9.17) is 25.7 Å². The molecule has 0 spiro atoms. The number of rotatable bonds is 10. The Balaban J connectivity index is 1.35. The number of nitrogens with one attached hydrogen (secondary N) is 1. The number of nitrogens with two attached hydrogens (primary N) is 2. The van der Waals surface area contributed by atoms with Crippen molar-refractivity contribution in [2.24, 2.45) is 5.73 Å². The van der Waals surface area contributed by atoms with E-state index < -0.39 is 0 Å². The largest absolute Gasteiger partial charge is 0.493 e. The van der Waals surface area contributed by atoms with Crippen molar-refractivity contribution >= 4 is 27.5 Å². The van der Waals surface area contributed by atoms with Crippen LogP contribution in [0.4, 0.5) is 5.82 Å². The third kappa shape index (κ3) is 5.61. The summed E-state index contributed by atoms with van der Waals surface area (Å²) in [6.07, 6.45) is 5.12. The molecule has 2 aromatic carbocycles. The van der Waals surface area contributed by atoms with E-state index >= 15 is 0 Å². The van der Waals surface area contributed by atoms with Crippen LogP contribution in [0.2, 0.25) is 0 Å². The van der Waals surface area contributed by atoms with E-state index in [0.717, 1.165) is 27.2 Å². The zero-order valence-corrected chi connectivity index (χ0v) is 23.1. The Bertz CT molecular complexity index is 1640. The van der Waals surface area contributed by atoms with Crippen LogP contribution in [0.15, 0.2) is 73.2 Å². The van der Waals surface area contributed by atoms with Gasteiger partial charge in [0.2, 0.25) is 0 Å². The summed E-state index contributed by atoms with van der Waals surface area (Å²) in [6.45, 7) is 5.19. The minimum absolute atomic E-state index is 0.211. The number of ether oxygens (including phenoxy) is 3. The summed E-state index contributed by atoms with van der Waals surface area (Å²) in [7, 11) is 3.20. The molecule has 9 heteroatoms. The Morgan fingerprint density at radius 3 is 2.40 bits per heavy atom. The highest BCUT2D eigenvalue weighted by molar-refractivity contribution is 6.10. The van der Waals surface area contributed by atoms with Crippen molar-refractivity contribution in [1.29, 1.82) is 0 Å². The molecule has 0 radical (unpaired) electrons. The molecule has 0 unspecified atom stereocenters. The second kappa shape index (κ2) is 11.3. The first-order valence-corrected chi connectivity index (χ1v) is 13.0. The van der Waals surface area contributed by atoms with Crippen molar-refractivity contribution in [2.45, 2.75) is 25.4 Å². The van der Waals surface area contributed by atoms with Crippen LogP contribution in [0.1, 0.15) is 19.4 Å². The smallest absolute Gasteiger partial charge is 0.162 e. The topological polar surface area (TPSA) is 130 Å². The van der Waals surface area contributed by atoms with Crippen molar-refractivity contribution < 1.29 is 14.2 Å². The van der Waals surface area contributed by atoms with Crippen LogP contribution in [0, 0.1) is 0 Å². The third-order valence-corrected chi connectivity index (χ3v) is 6.99. The fourth-order valence-corrected chi connectivity index (χ4v) is 4.65. The summed E-state index contributed by atoms with van der Waals surface area (Å²) in [6, 6.07) is 17.7. The molecule has 9 nitrogen and oxygen atoms in total. The van der Waals surface area contributed by atoms with Crippen LogP contribution in [-0.4, -0.2) is 48.4 Å². The third-order valence-electron chi connectivity index (χ3n) is 6.99. The van der Waals surface area contributed by atoms with E-state index in [1.54, 1.807) is 32.8 Å². The summed E-state index contributed by atoms with van der Waals surface area (Å²) in [5.74, 6) is 2.19. The van der Waals surface area contributed by atoms with E-state index in [1.807, 2.05) is 42.5 Å². The molecule has 5 N–H and O–H groups in total. The maximum atomic E-state index is 6.38. The predicted molar refractivity (Wildman–Crippen MR) is 159 cm³/mol. The van der Waals surface area contributed by atoms with Crippen LogP contribution in [-0.2, 0) is 5.54 Å². The molecule has 40 heavy (non-hydrogen) atoms. The molecule has 0 aliphatic carbocycles. The summed E-state index contributed by atoms with van der Waals surface area (Å²) in [5.41, 5.74) is 15.9. The van der Waals surface area contributed by atoms with Gasteiger partial charge in [-0.25, -0.2) is 4.98 Å². The second-order valence-electron chi connectivity index (χ2n) is 10.2. The molecular weight excluding hydrogens is 504 g/mol. The van der Waals surface area contributed by atoms with Crippen molar-refractivity contribution in [3.05, 3.63) is 78.8 Å². The molecule has 3 aromatic heterocycles. The van der Waals surface area contributed by atoms with E-state index in [2.05, 4.69) is 46.2 Å². The van der Waals surface area contributed by atoms with Crippen molar-refractivity contribution in [2.75, 3.05) is 33.1 Å². The van der Waals surface area contributed by atoms with Crippen LogP contribution >= 0.6 is 0 Å². The standard InChI is InChI=1S/C31H34N6O3/c1-31(2,20-8-6-5-7-9-20)36-15-21(32)18-40-22-10-19(14-34-16-22)26-11-23-24-12-28(38-3)29(39-4)13-27(24)35-17-25(23)30(33)37-26/h5-14,16-17,21,36H,15,18,32H2,1-4H3,(H2,33,37)/t21-/m0/s1. The number of hydrogen-bond donors (Lipinski definition) is 3. The number of hydrogen-bond acceptors (Lipinski definition) is 9. The highest BCUT2D eigenvalue weighted by atomic mass is 16.5. The SMILES string of the molecule is COc1cc2ncc3c(N)nc(-c4cncc(OC[C@@H](N)CNC(C)(C)c5ccccc5)c4)cc3c2cc1OC. The van der Waals surface area contributed by atoms with Gasteiger partial charge < -0.3 is 31.0 Å². The van der Waals surface area contributed by atoms with E-state index in [1.165, 1.54) is 5.56 Å². The van der Waals surface area contributed by atoms with E-state index in [0.29, 0.717) is 41.9 Å². The van der Waals surface area contributed by atoms with Gasteiger partial charge in [-0.05, 0) is 43.0 Å². The molecule has 5 rings (SSSR count). The van der Waals surface area contributed by atoms with Gasteiger partial charge in [0.15, 0.2) is 11.5 Å². The first kappa shape index (κ1) is 27.1. The van der Waals surface area contributed by atoms with Crippen molar-refractivity contribution in [3.63, 3.8) is 0 Å². The molecule has 206 valence electrons. The fourth-order valence-electron chi connectivity index (χ4n) is 4.65. The molecule has 0 fully saturated rings. The molecule has 0 bridgehead atoms. The minimum atomic E-state index is -0.216. The molecular formula is C31H34N6O3. The molecule has 0 amide bonds. The number of pyridine rings is 3. The molecule has 3 heterocycles. The number of nitrogens with zero attached hydrogens (tertiary/aromatic N) is 3. The fraction of sp³-hybridized carbons (Fsp3) is 0.258. The summed E-state index contributed by atoms with van der Waals surface area (Å²) >= 11 is 0. The molecule has 0 saturated heterocycles. The van der Waals surface area contributed by atoms with Gasteiger partial charge in [-0.1, -0.05) is 30.3 Å². The number of fused-ring (bicyclic) bond motifs is 3. The van der Waals surface area contributed by atoms with Crippen LogP contribution in [0.25, 0.3) is 32.9 Å². The quantitative estimate of drug-likeness (QED) is 0.217. The summed E-state index contributed by atoms with van der Waals surface area (Å²) in [4.78, 5) is 13.6. The summed E-state index contributed by atoms with van der Waals surface area (Å²) < 4.78 is 17.0. The van der Waals surface area contributed by atoms with Gasteiger partial charge in [-0.3, -0.25) is 9.97 Å². The Morgan fingerprint density at radius 2 is 1.65 bits per heavy atom. The Kier molecular flexibility index (Phi) is 7.68. The summed E-state index contributed by atoms with van der Waals surface area (Å²) in [5, 5.41) is 6.06. The maximum Gasteiger partial charge on any atom is 0.162 e. The van der Waals surface area contributed by atoms with Gasteiger partial charge >= 0.3 is 0 Å². The average Bonchev–Trinajstić information content (AvgIpc) is 2.98. The first-order chi connectivity index (χ1) is 19.3. The van der Waals surface area contributed by atoms with E-state index in [-0.39, 0.29) is 11.6 Å². The lowest BCUT2D eigenvalue weighted by Gasteiger charge is -2.28. The van der Waals surface area contributed by atoms with Gasteiger partial charge in [0, 0.05) is 46.9 Å². The van der Waals surface area contributed by atoms with Crippen LogP contribution in [0.5, 0.6) is 17.2 Å². The average molecular weight is 539 g/mol. The number of aromatic nitrogens is 3. The molecule has 1 atom stereocenters. The zero-order valence-electron chi connectivity index (χ0n) is 23.1. The maximum absolute atomic E-state index is 6.38. The minimum Gasteiger partial charge on any atom is -0.493 e. The monoisotopic (exact) mass is 538 g/mol. The Hall–Kier alpha value is -4.47. The highest BCUT2D eigenvalue weighted by Crippen LogP contribution is 2.37. The normalized spacial score (nSPS) is 12.4. The number of benzene rings is 2. The first-order valence-electron chi connectivity index (χ1n) is 13.0. The zero-order chi connectivity index (χ0) is 28.3. The molecule has 5 aromatic rings. The van der Waals surface area contributed by atoms with E-state index in [9.17, 15) is 0 Å². The molecule has 0 saturated carbocycles. The lowest BCUT2D eigenvalue weighted by molar-refractivity contribution is 0.270. The Morgan fingerprint density at radius 1 is 0.900 bits per heavy atom. The lowest BCUT2D eigenvalue weighted by atomic mass is 9.94. The van der Waals surface area contributed by atoms with Gasteiger partial charge in [-0.2, -0.15) is 0 Å². The second-order valence-corrected chi connectivity index (χ2v) is 10.2. The van der Waals surface area contributed by atoms with Crippen molar-refractivity contribution in [3.8, 4) is 28.5 Å². The van der Waals surface area contributed by atoms with Gasteiger partial charge in [0.05, 0.1) is 37.7 Å². The number of methoxy groups -OCH3 is 2. The number of nitrogen functional groups attached to an aromatic ring is 1. The van der Waals surface area contributed by atoms with Crippen LogP contribution in [0.3, 0.4) is 0 Å². The highest BCUT2D eigenvalue weighted by Gasteiger charge is 2.20. The van der Waals surface area contributed by atoms with Gasteiger partial charge in [0.25, 0.3) is 0 Å². The van der Waals surface area contributed by atoms with Gasteiger partial charge in [-0.15, -0.1) is 0 Å². The molecule has 0 aliphatic rings. The Labute approximate surface area is 233 Å². The predicted octanol–water partition coefficient (Wildman–Crippen LogP) is 4.68. The lowest BCUT2D eigenvalue weighted by Crippen LogP contribution is -2.46. The molecule has 0 aliphatic heterocycles. The van der Waals surface area contributed by atoms with Crippen LogP contribution < -0.4 is 31.0 Å². The number of anilines is 1.